The topological polar surface area (TPSA) is 138 Å². The van der Waals surface area contributed by atoms with Crippen LogP contribution in [0.25, 0.3) is 5.95 Å². The van der Waals surface area contributed by atoms with Crippen molar-refractivity contribution in [3.05, 3.63) is 12.7 Å². The molecule has 2 aromatic rings. The molecular weight excluding hydrogens is 224 g/mol. The SMILES string of the molecule is NC1(N)CN(c2nnc(-n3cncn3)nn2)C1. The van der Waals surface area contributed by atoms with Crippen molar-refractivity contribution in [3.8, 4) is 5.95 Å². The molecule has 0 unspecified atom stereocenters. The summed E-state index contributed by atoms with van der Waals surface area (Å²) in [6, 6.07) is 0. The van der Waals surface area contributed by atoms with Gasteiger partial charge in [0.2, 0.25) is 0 Å². The first-order valence-corrected chi connectivity index (χ1v) is 4.89. The molecule has 1 aliphatic rings. The number of hydrogen-bond donors (Lipinski definition) is 2. The summed E-state index contributed by atoms with van der Waals surface area (Å²) in [4.78, 5) is 5.57. The van der Waals surface area contributed by atoms with Gasteiger partial charge in [0, 0.05) is 0 Å². The zero-order valence-electron chi connectivity index (χ0n) is 8.80. The van der Waals surface area contributed by atoms with Crippen molar-refractivity contribution in [2.24, 2.45) is 11.5 Å². The van der Waals surface area contributed by atoms with Crippen molar-refractivity contribution in [2.75, 3.05) is 18.0 Å². The van der Waals surface area contributed by atoms with Crippen LogP contribution < -0.4 is 16.4 Å². The van der Waals surface area contributed by atoms with E-state index in [0.717, 1.165) is 0 Å². The molecule has 1 aliphatic heterocycles. The molecule has 3 heterocycles. The van der Waals surface area contributed by atoms with Crippen LogP contribution in [0.5, 0.6) is 0 Å². The molecule has 10 nitrogen and oxygen atoms in total. The van der Waals surface area contributed by atoms with E-state index in [1.807, 2.05) is 0 Å². The minimum absolute atomic E-state index is 0.263. The molecule has 2 aromatic heterocycles. The summed E-state index contributed by atoms with van der Waals surface area (Å²) >= 11 is 0. The Balaban J connectivity index is 1.78. The summed E-state index contributed by atoms with van der Waals surface area (Å²) < 4.78 is 1.37. The Bertz CT molecular complexity index is 494. The van der Waals surface area contributed by atoms with Gasteiger partial charge in [0.05, 0.1) is 18.8 Å². The van der Waals surface area contributed by atoms with Crippen molar-refractivity contribution in [3.63, 3.8) is 0 Å². The van der Waals surface area contributed by atoms with E-state index in [4.69, 9.17) is 11.5 Å². The molecule has 0 aromatic carbocycles. The lowest BCUT2D eigenvalue weighted by Crippen LogP contribution is -2.73. The number of hydrogen-bond acceptors (Lipinski definition) is 9. The molecule has 4 N–H and O–H groups in total. The summed E-state index contributed by atoms with van der Waals surface area (Å²) in [5.74, 6) is 0.666. The highest BCUT2D eigenvalue weighted by atomic mass is 15.5. The molecule has 0 radical (unpaired) electrons. The highest BCUT2D eigenvalue weighted by Crippen LogP contribution is 2.17. The standard InChI is InChI=1S/C7H10N10/c8-7(9)1-16(2-7)5-12-14-6(15-13-5)17-4-10-3-11-17/h3-4H,1-2,8-9H2. The molecule has 0 spiro atoms. The third kappa shape index (κ3) is 1.79. The molecule has 0 aliphatic carbocycles. The largest absolute Gasteiger partial charge is 0.332 e. The van der Waals surface area contributed by atoms with Gasteiger partial charge in [-0.05, 0) is 0 Å². The van der Waals surface area contributed by atoms with Gasteiger partial charge in [-0.1, -0.05) is 0 Å². The van der Waals surface area contributed by atoms with Gasteiger partial charge in [-0.3, -0.25) is 0 Å². The van der Waals surface area contributed by atoms with Gasteiger partial charge in [0.15, 0.2) is 0 Å². The van der Waals surface area contributed by atoms with E-state index in [2.05, 4.69) is 30.5 Å². The first-order chi connectivity index (χ1) is 8.14. The number of aromatic nitrogens is 7. The fourth-order valence-electron chi connectivity index (χ4n) is 1.55. The second-order valence-electron chi connectivity index (χ2n) is 3.93. The summed E-state index contributed by atoms with van der Waals surface area (Å²) in [5, 5.41) is 19.5. The summed E-state index contributed by atoms with van der Waals surface area (Å²) in [7, 11) is 0. The van der Waals surface area contributed by atoms with Crippen LogP contribution in [0.2, 0.25) is 0 Å². The predicted molar refractivity (Wildman–Crippen MR) is 55.9 cm³/mol. The van der Waals surface area contributed by atoms with Crippen LogP contribution in [0.1, 0.15) is 0 Å². The van der Waals surface area contributed by atoms with Gasteiger partial charge < -0.3 is 16.4 Å². The zero-order chi connectivity index (χ0) is 11.9. The Kier molecular flexibility index (Phi) is 2.00. The zero-order valence-corrected chi connectivity index (χ0v) is 8.80. The maximum Gasteiger partial charge on any atom is 0.290 e. The summed E-state index contributed by atoms with van der Waals surface area (Å²) in [5.41, 5.74) is 10.7. The van der Waals surface area contributed by atoms with E-state index in [0.29, 0.717) is 19.0 Å². The van der Waals surface area contributed by atoms with E-state index in [1.54, 1.807) is 4.90 Å². The van der Waals surface area contributed by atoms with Crippen molar-refractivity contribution in [1.82, 2.24) is 35.2 Å². The van der Waals surface area contributed by atoms with E-state index in [1.165, 1.54) is 17.3 Å². The Morgan fingerprint density at radius 2 is 1.71 bits per heavy atom. The van der Waals surface area contributed by atoms with Crippen LogP contribution in [0.3, 0.4) is 0 Å². The van der Waals surface area contributed by atoms with E-state index in [9.17, 15) is 0 Å². The Labute approximate surface area is 95.7 Å². The number of nitrogens with zero attached hydrogens (tertiary/aromatic N) is 8. The van der Waals surface area contributed by atoms with Crippen LogP contribution in [0.15, 0.2) is 12.7 Å². The molecule has 0 bridgehead atoms. The van der Waals surface area contributed by atoms with Crippen molar-refractivity contribution < 1.29 is 0 Å². The maximum atomic E-state index is 5.67. The van der Waals surface area contributed by atoms with Crippen molar-refractivity contribution >= 4 is 5.95 Å². The van der Waals surface area contributed by atoms with Gasteiger partial charge in [0.1, 0.15) is 12.7 Å². The average Bonchev–Trinajstić information content (AvgIpc) is 2.79. The van der Waals surface area contributed by atoms with Gasteiger partial charge >= 0.3 is 0 Å². The Hall–Kier alpha value is -2.20. The fraction of sp³-hybridized carbons (Fsp3) is 0.429. The first kappa shape index (κ1) is 9.99. The van der Waals surface area contributed by atoms with E-state index >= 15 is 0 Å². The minimum atomic E-state index is -0.673. The molecule has 0 atom stereocenters. The number of anilines is 1. The monoisotopic (exact) mass is 234 g/mol. The quantitative estimate of drug-likeness (QED) is 0.530. The minimum Gasteiger partial charge on any atom is -0.332 e. The predicted octanol–water partition coefficient (Wildman–Crippen LogP) is -2.72. The third-order valence-corrected chi connectivity index (χ3v) is 2.33. The van der Waals surface area contributed by atoms with Crippen molar-refractivity contribution in [1.29, 1.82) is 0 Å². The molecule has 10 heteroatoms. The van der Waals surface area contributed by atoms with Gasteiger partial charge in [0.25, 0.3) is 11.9 Å². The van der Waals surface area contributed by atoms with Gasteiger partial charge in [-0.2, -0.15) is 9.78 Å². The summed E-state index contributed by atoms with van der Waals surface area (Å²) in [6.07, 6.45) is 2.84. The van der Waals surface area contributed by atoms with Crippen LogP contribution in [0.4, 0.5) is 5.95 Å². The van der Waals surface area contributed by atoms with Gasteiger partial charge in [-0.25, -0.2) is 4.98 Å². The number of nitrogens with two attached hydrogens (primary N) is 2. The molecule has 0 saturated carbocycles. The second-order valence-corrected chi connectivity index (χ2v) is 3.93. The molecule has 17 heavy (non-hydrogen) atoms. The maximum absolute atomic E-state index is 5.67. The molecule has 1 saturated heterocycles. The van der Waals surface area contributed by atoms with Crippen LogP contribution >= 0.6 is 0 Å². The summed E-state index contributed by atoms with van der Waals surface area (Å²) in [6.45, 7) is 0.970. The van der Waals surface area contributed by atoms with Crippen LogP contribution in [-0.4, -0.2) is 53.9 Å². The molecule has 0 amide bonds. The highest BCUT2D eigenvalue weighted by molar-refractivity contribution is 5.35. The normalized spacial score (nSPS) is 17.9. The number of rotatable bonds is 2. The first-order valence-electron chi connectivity index (χ1n) is 4.89. The second kappa shape index (κ2) is 3.40. The fourth-order valence-corrected chi connectivity index (χ4v) is 1.55. The third-order valence-electron chi connectivity index (χ3n) is 2.33. The lowest BCUT2D eigenvalue weighted by Gasteiger charge is -2.44. The van der Waals surface area contributed by atoms with E-state index < -0.39 is 5.66 Å². The molecular formula is C7H10N10. The van der Waals surface area contributed by atoms with Crippen LogP contribution in [-0.2, 0) is 0 Å². The highest BCUT2D eigenvalue weighted by Gasteiger charge is 2.37. The molecule has 3 rings (SSSR count). The molecule has 1 fully saturated rings. The van der Waals surface area contributed by atoms with E-state index in [-0.39, 0.29) is 5.95 Å². The van der Waals surface area contributed by atoms with Crippen molar-refractivity contribution in [2.45, 2.75) is 5.66 Å². The lowest BCUT2D eigenvalue weighted by atomic mass is 10.0. The molecule has 88 valence electrons. The lowest BCUT2D eigenvalue weighted by molar-refractivity contribution is 0.338. The average molecular weight is 234 g/mol. The van der Waals surface area contributed by atoms with Crippen LogP contribution in [0, 0.1) is 0 Å². The van der Waals surface area contributed by atoms with Gasteiger partial charge in [-0.15, -0.1) is 20.4 Å². The smallest absolute Gasteiger partial charge is 0.290 e. The Morgan fingerprint density at radius 3 is 2.24 bits per heavy atom. The Morgan fingerprint density at radius 1 is 1.06 bits per heavy atom.